The van der Waals surface area contributed by atoms with Crippen LogP contribution in [0.4, 0.5) is 0 Å². The van der Waals surface area contributed by atoms with Gasteiger partial charge in [0, 0.05) is 5.41 Å². The van der Waals surface area contributed by atoms with Crippen LogP contribution in [0.25, 0.3) is 0 Å². The first kappa shape index (κ1) is 15.2. The molecule has 0 aromatic rings. The summed E-state index contributed by atoms with van der Waals surface area (Å²) in [6.45, 7) is 0. The quantitative estimate of drug-likeness (QED) is 0.536. The van der Waals surface area contributed by atoms with Crippen molar-refractivity contribution in [2.45, 2.75) is 88.6 Å². The lowest BCUT2D eigenvalue weighted by molar-refractivity contribution is -0.156. The smallest absolute Gasteiger partial charge is 0.0880 e. The van der Waals surface area contributed by atoms with E-state index in [0.29, 0.717) is 25.7 Å². The molecule has 112 valence electrons. The van der Waals surface area contributed by atoms with Crippen molar-refractivity contribution in [3.63, 3.8) is 0 Å². The summed E-state index contributed by atoms with van der Waals surface area (Å²) in [6.07, 6.45) is 4.80. The Kier molecular flexibility index (Phi) is 5.23. The van der Waals surface area contributed by atoms with Crippen LogP contribution < -0.4 is 0 Å². The van der Waals surface area contributed by atoms with E-state index in [0.717, 1.165) is 38.5 Å². The Morgan fingerprint density at radius 1 is 0.579 bits per heavy atom. The van der Waals surface area contributed by atoms with Crippen molar-refractivity contribution in [2.24, 2.45) is 5.41 Å². The molecule has 0 aromatic carbocycles. The van der Waals surface area contributed by atoms with Gasteiger partial charge in [-0.1, -0.05) is 38.5 Å². The Hall–Kier alpha value is -0.160. The fraction of sp³-hybridized carbons (Fsp3) is 1.00. The summed E-state index contributed by atoms with van der Waals surface area (Å²) in [5.74, 6) is 0. The second-order valence-corrected chi connectivity index (χ2v) is 6.46. The lowest BCUT2D eigenvalue weighted by Gasteiger charge is -2.44. The Morgan fingerprint density at radius 2 is 1.00 bits per heavy atom. The highest BCUT2D eigenvalue weighted by atomic mass is 16.3. The molecule has 0 amide bonds. The van der Waals surface area contributed by atoms with E-state index in [1.807, 2.05) is 0 Å². The largest absolute Gasteiger partial charge is 0.390 e. The molecule has 2 aliphatic rings. The fourth-order valence-corrected chi connectivity index (χ4v) is 3.94. The molecule has 4 N–H and O–H groups in total. The van der Waals surface area contributed by atoms with Crippen molar-refractivity contribution in [1.29, 1.82) is 0 Å². The second kappa shape index (κ2) is 6.53. The first-order valence-electron chi connectivity index (χ1n) is 7.80. The van der Waals surface area contributed by atoms with Crippen molar-refractivity contribution >= 4 is 0 Å². The highest BCUT2D eigenvalue weighted by Gasteiger charge is 2.49. The van der Waals surface area contributed by atoms with E-state index in [1.54, 1.807) is 0 Å². The first-order chi connectivity index (χ1) is 9.08. The number of hydrogen-bond acceptors (Lipinski definition) is 4. The van der Waals surface area contributed by atoms with Crippen molar-refractivity contribution in [1.82, 2.24) is 0 Å². The van der Waals surface area contributed by atoms with Gasteiger partial charge < -0.3 is 20.4 Å². The fourth-order valence-electron chi connectivity index (χ4n) is 3.94. The van der Waals surface area contributed by atoms with Gasteiger partial charge in [-0.05, 0) is 25.7 Å². The van der Waals surface area contributed by atoms with Crippen molar-refractivity contribution < 1.29 is 20.4 Å². The summed E-state index contributed by atoms with van der Waals surface area (Å²) in [5, 5.41) is 41.5. The van der Waals surface area contributed by atoms with Gasteiger partial charge >= 0.3 is 0 Å². The summed E-state index contributed by atoms with van der Waals surface area (Å²) >= 11 is 0. The summed E-state index contributed by atoms with van der Waals surface area (Å²) in [4.78, 5) is 0. The Morgan fingerprint density at radius 3 is 1.42 bits per heavy atom. The van der Waals surface area contributed by atoms with Crippen LogP contribution in [-0.4, -0.2) is 44.8 Å². The van der Waals surface area contributed by atoms with Crippen LogP contribution in [0.5, 0.6) is 0 Å². The molecule has 0 aromatic heterocycles. The van der Waals surface area contributed by atoms with E-state index in [2.05, 4.69) is 0 Å². The van der Waals surface area contributed by atoms with Gasteiger partial charge in [0.25, 0.3) is 0 Å². The van der Waals surface area contributed by atoms with Crippen LogP contribution >= 0.6 is 0 Å². The zero-order chi connectivity index (χ0) is 13.9. The zero-order valence-corrected chi connectivity index (χ0v) is 11.7. The normalized spacial score (nSPS) is 41.1. The number of aliphatic hydroxyl groups excluding tert-OH is 4. The predicted molar refractivity (Wildman–Crippen MR) is 72.6 cm³/mol. The van der Waals surface area contributed by atoms with Crippen molar-refractivity contribution in [3.8, 4) is 0 Å². The van der Waals surface area contributed by atoms with Gasteiger partial charge in [-0.15, -0.1) is 0 Å². The summed E-state index contributed by atoms with van der Waals surface area (Å²) < 4.78 is 0. The molecule has 4 nitrogen and oxygen atoms in total. The summed E-state index contributed by atoms with van der Waals surface area (Å²) in [5.41, 5.74) is -0.723. The first-order valence-corrected chi connectivity index (χ1v) is 7.80. The molecule has 0 saturated heterocycles. The van der Waals surface area contributed by atoms with E-state index in [9.17, 15) is 20.4 Å². The molecule has 19 heavy (non-hydrogen) atoms. The molecule has 0 bridgehead atoms. The van der Waals surface area contributed by atoms with Gasteiger partial charge in [0.2, 0.25) is 0 Å². The minimum Gasteiger partial charge on any atom is -0.390 e. The maximum Gasteiger partial charge on any atom is 0.0880 e. The third kappa shape index (κ3) is 3.13. The molecule has 4 atom stereocenters. The van der Waals surface area contributed by atoms with Gasteiger partial charge in [0.15, 0.2) is 0 Å². The maximum absolute atomic E-state index is 10.6. The molecule has 2 aliphatic carbocycles. The van der Waals surface area contributed by atoms with Gasteiger partial charge in [0.1, 0.15) is 0 Å². The third-order valence-electron chi connectivity index (χ3n) is 5.19. The van der Waals surface area contributed by atoms with E-state index >= 15 is 0 Å². The molecule has 2 saturated carbocycles. The number of aliphatic hydroxyl groups is 4. The van der Waals surface area contributed by atoms with Crippen LogP contribution in [0.1, 0.15) is 64.2 Å². The molecule has 0 radical (unpaired) electrons. The SMILES string of the molecule is OC1CCCCC(O)C(O)C2(CCCCCC2)C1O. The molecule has 4 heteroatoms. The number of rotatable bonds is 0. The Labute approximate surface area is 115 Å². The predicted octanol–water partition coefficient (Wildman–Crippen LogP) is 1.34. The summed E-state index contributed by atoms with van der Waals surface area (Å²) in [6, 6.07) is 0. The minimum absolute atomic E-state index is 0.558. The Bertz CT molecular complexity index is 253. The molecule has 0 heterocycles. The molecule has 0 aliphatic heterocycles. The van der Waals surface area contributed by atoms with Gasteiger partial charge in [-0.2, -0.15) is 0 Å². The summed E-state index contributed by atoms with van der Waals surface area (Å²) in [7, 11) is 0. The van der Waals surface area contributed by atoms with Crippen LogP contribution in [-0.2, 0) is 0 Å². The van der Waals surface area contributed by atoms with E-state index < -0.39 is 29.8 Å². The highest BCUT2D eigenvalue weighted by molar-refractivity contribution is 4.99. The topological polar surface area (TPSA) is 80.9 Å². The lowest BCUT2D eigenvalue weighted by Crippen LogP contribution is -2.54. The molecule has 2 rings (SSSR count). The van der Waals surface area contributed by atoms with E-state index in [-0.39, 0.29) is 0 Å². The molecule has 1 spiro atoms. The highest BCUT2D eigenvalue weighted by Crippen LogP contribution is 2.45. The standard InChI is InChI=1S/C15H28O4/c16-11-7-3-4-8-12(17)14(19)15(13(11)18)9-5-1-2-6-10-15/h11-14,16-19H,1-10H2. The maximum atomic E-state index is 10.6. The third-order valence-corrected chi connectivity index (χ3v) is 5.19. The molecule has 4 unspecified atom stereocenters. The molecule has 2 fully saturated rings. The van der Waals surface area contributed by atoms with Crippen molar-refractivity contribution in [2.75, 3.05) is 0 Å². The Balaban J connectivity index is 2.28. The lowest BCUT2D eigenvalue weighted by atomic mass is 9.67. The van der Waals surface area contributed by atoms with Crippen molar-refractivity contribution in [3.05, 3.63) is 0 Å². The molecular weight excluding hydrogens is 244 g/mol. The zero-order valence-electron chi connectivity index (χ0n) is 11.7. The van der Waals surface area contributed by atoms with E-state index in [1.165, 1.54) is 0 Å². The molecular formula is C15H28O4. The van der Waals surface area contributed by atoms with Crippen LogP contribution in [0.15, 0.2) is 0 Å². The van der Waals surface area contributed by atoms with Crippen LogP contribution in [0, 0.1) is 5.41 Å². The minimum atomic E-state index is -0.923. The monoisotopic (exact) mass is 272 g/mol. The number of hydrogen-bond donors (Lipinski definition) is 4. The van der Waals surface area contributed by atoms with Gasteiger partial charge in [-0.3, -0.25) is 0 Å². The average Bonchev–Trinajstić information content (AvgIpc) is 2.65. The second-order valence-electron chi connectivity index (χ2n) is 6.46. The van der Waals surface area contributed by atoms with Crippen LogP contribution in [0.2, 0.25) is 0 Å². The van der Waals surface area contributed by atoms with Gasteiger partial charge in [0.05, 0.1) is 24.4 Å². The van der Waals surface area contributed by atoms with Crippen LogP contribution in [0.3, 0.4) is 0 Å². The van der Waals surface area contributed by atoms with Gasteiger partial charge in [-0.25, -0.2) is 0 Å². The van der Waals surface area contributed by atoms with E-state index in [4.69, 9.17) is 0 Å². The average molecular weight is 272 g/mol.